The minimum Gasteiger partial charge on any atom is -0.465 e. The average Bonchev–Trinajstić information content (AvgIpc) is 2.92. The van der Waals surface area contributed by atoms with Gasteiger partial charge in [-0.05, 0) is 49.2 Å². The van der Waals surface area contributed by atoms with Crippen LogP contribution in [0, 0.1) is 0 Å². The Hall–Kier alpha value is -3.90. The number of methoxy groups -OCH3 is 3. The zero-order valence-electron chi connectivity index (χ0n) is 24.1. The predicted molar refractivity (Wildman–Crippen MR) is 147 cm³/mol. The largest absolute Gasteiger partial charge is 0.465 e. The number of rotatable bonds is 7. The van der Waals surface area contributed by atoms with Crippen LogP contribution in [-0.4, -0.2) is 51.5 Å². The fourth-order valence-corrected chi connectivity index (χ4v) is 4.71. The molecule has 0 aliphatic carbocycles. The molecule has 0 bridgehead atoms. The number of halogens is 6. The summed E-state index contributed by atoms with van der Waals surface area (Å²) >= 11 is 0. The standard InChI is InChI=1S/C14H15F3N2O5S.C12H14F3NO3/c1-7(24-2)8-4-9-11(5-10(8)14(15,16)17)18-13(21)19(12(9)20)6-25(3,22)23;1-6(18-2)7-4-8(11(17)19-3)10(16)5-9(7)12(13,14)15/h4-5,7H,6H2,1-3H3,(H,18,21);4-6H,16H2,1-3H3. The summed E-state index contributed by atoms with van der Waals surface area (Å²) in [7, 11) is -0.102. The third-order valence-electron chi connectivity index (χ3n) is 6.34. The zero-order valence-corrected chi connectivity index (χ0v) is 25.0. The first-order valence-electron chi connectivity index (χ1n) is 12.3. The Bertz CT molecular complexity index is 1770. The van der Waals surface area contributed by atoms with Gasteiger partial charge in [0, 0.05) is 26.2 Å². The molecule has 3 N–H and O–H groups in total. The van der Waals surface area contributed by atoms with Crippen LogP contribution in [0.25, 0.3) is 10.9 Å². The molecule has 0 amide bonds. The summed E-state index contributed by atoms with van der Waals surface area (Å²) in [5.41, 5.74) is 0.190. The van der Waals surface area contributed by atoms with Gasteiger partial charge in [0.2, 0.25) is 0 Å². The molecule has 1 aromatic heterocycles. The summed E-state index contributed by atoms with van der Waals surface area (Å²) in [5.74, 6) is -1.68. The van der Waals surface area contributed by atoms with E-state index in [0.29, 0.717) is 10.6 Å². The first kappa shape index (κ1) is 36.3. The van der Waals surface area contributed by atoms with E-state index >= 15 is 0 Å². The minimum atomic E-state index is -4.73. The number of sulfone groups is 1. The average molecular weight is 658 g/mol. The number of hydrogen-bond donors (Lipinski definition) is 2. The van der Waals surface area contributed by atoms with Gasteiger partial charge in [0.25, 0.3) is 5.56 Å². The van der Waals surface area contributed by atoms with Crippen molar-refractivity contribution in [1.29, 1.82) is 0 Å². The monoisotopic (exact) mass is 657 g/mol. The normalized spacial score (nSPS) is 13.6. The second kappa shape index (κ2) is 13.4. The molecular weight excluding hydrogens is 628 g/mol. The van der Waals surface area contributed by atoms with Crippen LogP contribution in [0.15, 0.2) is 33.9 Å². The lowest BCUT2D eigenvalue weighted by molar-refractivity contribution is -0.140. The molecule has 3 rings (SSSR count). The Labute approximate surface area is 246 Å². The van der Waals surface area contributed by atoms with Crippen LogP contribution < -0.4 is 17.0 Å². The number of nitrogens with two attached hydrogens (primary N) is 1. The molecule has 2 unspecified atom stereocenters. The number of esters is 1. The summed E-state index contributed by atoms with van der Waals surface area (Å²) in [4.78, 5) is 37.9. The third kappa shape index (κ3) is 8.38. The van der Waals surface area contributed by atoms with Gasteiger partial charge >= 0.3 is 24.0 Å². The van der Waals surface area contributed by atoms with Gasteiger partial charge < -0.3 is 24.9 Å². The maximum absolute atomic E-state index is 13.3. The highest BCUT2D eigenvalue weighted by Crippen LogP contribution is 2.38. The Morgan fingerprint density at radius 2 is 1.39 bits per heavy atom. The molecule has 11 nitrogen and oxygen atoms in total. The molecule has 2 atom stereocenters. The van der Waals surface area contributed by atoms with Crippen molar-refractivity contribution in [3.8, 4) is 0 Å². The van der Waals surface area contributed by atoms with E-state index in [-0.39, 0.29) is 33.3 Å². The van der Waals surface area contributed by atoms with E-state index in [2.05, 4.69) is 9.72 Å². The lowest BCUT2D eigenvalue weighted by Crippen LogP contribution is -2.37. The smallest absolute Gasteiger partial charge is 0.416 e. The summed E-state index contributed by atoms with van der Waals surface area (Å²) in [6, 6.07) is 3.38. The number of hydrogen-bond acceptors (Lipinski definition) is 9. The van der Waals surface area contributed by atoms with Crippen molar-refractivity contribution in [3.05, 3.63) is 72.9 Å². The Morgan fingerprint density at radius 1 is 0.909 bits per heavy atom. The number of nitrogen functional groups attached to an aromatic ring is 1. The molecule has 18 heteroatoms. The summed E-state index contributed by atoms with van der Waals surface area (Å²) in [5, 5.41) is -0.241. The number of nitrogens with one attached hydrogen (secondary N) is 1. The number of fused-ring (bicyclic) bond motifs is 1. The van der Waals surface area contributed by atoms with E-state index in [0.717, 1.165) is 31.6 Å². The maximum atomic E-state index is 13.3. The number of nitrogens with zero attached hydrogens (tertiary/aromatic N) is 1. The zero-order chi connectivity index (χ0) is 33.9. The predicted octanol–water partition coefficient (Wildman–Crippen LogP) is 4.20. The minimum absolute atomic E-state index is 0.116. The van der Waals surface area contributed by atoms with Gasteiger partial charge in [-0.25, -0.2) is 22.6 Å². The quantitative estimate of drug-likeness (QED) is 0.216. The van der Waals surface area contributed by atoms with Gasteiger partial charge in [-0.2, -0.15) is 26.3 Å². The van der Waals surface area contributed by atoms with Gasteiger partial charge in [-0.1, -0.05) is 0 Å². The van der Waals surface area contributed by atoms with Crippen molar-refractivity contribution < 1.29 is 53.8 Å². The van der Waals surface area contributed by atoms with Crippen LogP contribution in [0.5, 0.6) is 0 Å². The van der Waals surface area contributed by atoms with Gasteiger partial charge in [0.05, 0.1) is 46.9 Å². The highest BCUT2D eigenvalue weighted by molar-refractivity contribution is 7.89. The van der Waals surface area contributed by atoms with Gasteiger partial charge in [0.15, 0.2) is 9.84 Å². The molecule has 0 saturated carbocycles. The molecule has 0 spiro atoms. The molecule has 0 aliphatic heterocycles. The number of ether oxygens (including phenoxy) is 3. The molecule has 44 heavy (non-hydrogen) atoms. The number of aromatic nitrogens is 2. The number of carbonyl (C=O) groups excluding carboxylic acids is 1. The maximum Gasteiger partial charge on any atom is 0.416 e. The van der Waals surface area contributed by atoms with E-state index in [9.17, 15) is 49.1 Å². The second-order valence-electron chi connectivity index (χ2n) is 9.47. The van der Waals surface area contributed by atoms with Gasteiger partial charge in [-0.15, -0.1) is 0 Å². The fraction of sp³-hybridized carbons (Fsp3) is 0.423. The number of aromatic amines is 1. The third-order valence-corrected chi connectivity index (χ3v) is 7.06. The van der Waals surface area contributed by atoms with E-state index in [1.54, 1.807) is 0 Å². The molecule has 244 valence electrons. The highest BCUT2D eigenvalue weighted by atomic mass is 32.2. The fourth-order valence-electron chi connectivity index (χ4n) is 4.01. The van der Waals surface area contributed by atoms with Crippen LogP contribution in [-0.2, 0) is 42.3 Å². The number of H-pyrrole nitrogens is 1. The van der Waals surface area contributed by atoms with Gasteiger partial charge in [-0.3, -0.25) is 4.79 Å². The van der Waals surface area contributed by atoms with E-state index in [1.807, 2.05) is 0 Å². The van der Waals surface area contributed by atoms with Crippen molar-refractivity contribution >= 4 is 32.4 Å². The van der Waals surface area contributed by atoms with Gasteiger partial charge in [0.1, 0.15) is 5.88 Å². The van der Waals surface area contributed by atoms with Crippen molar-refractivity contribution in [2.75, 3.05) is 33.3 Å². The lowest BCUT2D eigenvalue weighted by atomic mass is 9.98. The Morgan fingerprint density at radius 3 is 1.82 bits per heavy atom. The van der Waals surface area contributed by atoms with E-state index in [4.69, 9.17) is 15.2 Å². The number of anilines is 1. The van der Waals surface area contributed by atoms with Crippen molar-refractivity contribution in [2.24, 2.45) is 0 Å². The molecule has 0 fully saturated rings. The Kier molecular flexibility index (Phi) is 11.0. The molecular formula is C26H29F6N3O8S. The second-order valence-corrected chi connectivity index (χ2v) is 11.6. The summed E-state index contributed by atoms with van der Waals surface area (Å²) < 4.78 is 116. The molecule has 3 aromatic rings. The van der Waals surface area contributed by atoms with Crippen LogP contribution in [0.2, 0.25) is 0 Å². The molecule has 0 aliphatic rings. The lowest BCUT2D eigenvalue weighted by Gasteiger charge is -2.19. The highest BCUT2D eigenvalue weighted by Gasteiger charge is 2.37. The first-order chi connectivity index (χ1) is 20.1. The van der Waals surface area contributed by atoms with Crippen LogP contribution >= 0.6 is 0 Å². The number of carbonyl (C=O) groups is 1. The Balaban J connectivity index is 0.000000319. The molecule has 0 radical (unpaired) electrons. The number of alkyl halides is 6. The van der Waals surface area contributed by atoms with Crippen molar-refractivity contribution in [1.82, 2.24) is 9.55 Å². The van der Waals surface area contributed by atoms with Crippen LogP contribution in [0.1, 0.15) is 58.7 Å². The van der Waals surface area contributed by atoms with E-state index < -0.39 is 68.6 Å². The number of benzene rings is 2. The summed E-state index contributed by atoms with van der Waals surface area (Å²) in [6.45, 7) is 2.82. The molecule has 0 saturated heterocycles. The summed E-state index contributed by atoms with van der Waals surface area (Å²) in [6.07, 6.45) is -10.3. The van der Waals surface area contributed by atoms with Crippen LogP contribution in [0.3, 0.4) is 0 Å². The molecule has 1 heterocycles. The topological polar surface area (TPSA) is 160 Å². The van der Waals surface area contributed by atoms with Crippen molar-refractivity contribution in [2.45, 2.75) is 44.3 Å². The first-order valence-corrected chi connectivity index (χ1v) is 14.3. The SMILES string of the molecule is COC(=O)c1cc(C(C)OC)c(C(F)(F)F)cc1N.COC(C)c1cc2c(=O)n(CS(C)(=O)=O)c(=O)[nH]c2cc1C(F)(F)F. The van der Waals surface area contributed by atoms with Crippen LogP contribution in [0.4, 0.5) is 32.0 Å². The van der Waals surface area contributed by atoms with Crippen molar-refractivity contribution in [3.63, 3.8) is 0 Å². The molecule has 2 aromatic carbocycles. The van der Waals surface area contributed by atoms with E-state index in [1.165, 1.54) is 28.1 Å².